The molecule has 0 radical (unpaired) electrons. The number of halogens is 1. The van der Waals surface area contributed by atoms with E-state index in [-0.39, 0.29) is 18.3 Å². The second-order valence-electron chi connectivity index (χ2n) is 6.51. The molecule has 1 aromatic rings. The first kappa shape index (κ1) is 19.0. The summed E-state index contributed by atoms with van der Waals surface area (Å²) in [6, 6.07) is 6.25. The fourth-order valence-electron chi connectivity index (χ4n) is 3.29. The van der Waals surface area contributed by atoms with Crippen molar-refractivity contribution >= 4 is 24.0 Å². The molecular weight excluding hydrogens is 296 g/mol. The molecule has 0 atom stereocenters. The molecule has 3 nitrogen and oxygen atoms in total. The van der Waals surface area contributed by atoms with Crippen molar-refractivity contribution in [3.05, 3.63) is 29.3 Å². The van der Waals surface area contributed by atoms with E-state index < -0.39 is 5.41 Å². The summed E-state index contributed by atoms with van der Waals surface area (Å²) in [5.41, 5.74) is 3.10. The number of rotatable bonds is 7. The smallest absolute Gasteiger partial charge is 0.234 e. The highest BCUT2D eigenvalue weighted by Gasteiger charge is 2.39. The standard InChI is InChI=1S/C18H28N2O.ClH/c1-5-11-20(12-6-2)13-10-14-8-7-9-15-16(14)18(3,4)17(21)19-15;/h7-9H,5-6,10-13H2,1-4H3,(H,19,21);1H. The molecule has 124 valence electrons. The van der Waals surface area contributed by atoms with Crippen LogP contribution in [-0.4, -0.2) is 30.4 Å². The van der Waals surface area contributed by atoms with Crippen LogP contribution in [0.2, 0.25) is 0 Å². The highest BCUT2D eigenvalue weighted by atomic mass is 35.5. The average molecular weight is 325 g/mol. The number of anilines is 1. The van der Waals surface area contributed by atoms with Gasteiger partial charge in [0.2, 0.25) is 5.91 Å². The molecule has 0 aromatic heterocycles. The SMILES string of the molecule is CCCN(CCC)CCc1cccc2c1C(C)(C)C(=O)N2.Cl. The molecule has 1 aliphatic heterocycles. The van der Waals surface area contributed by atoms with Gasteiger partial charge < -0.3 is 10.2 Å². The Morgan fingerprint density at radius 2 is 1.73 bits per heavy atom. The van der Waals surface area contributed by atoms with Gasteiger partial charge in [0.15, 0.2) is 0 Å². The van der Waals surface area contributed by atoms with Crippen molar-refractivity contribution < 1.29 is 4.79 Å². The topological polar surface area (TPSA) is 32.3 Å². The van der Waals surface area contributed by atoms with Crippen molar-refractivity contribution in [2.75, 3.05) is 25.0 Å². The molecule has 1 aromatic carbocycles. The van der Waals surface area contributed by atoms with Crippen LogP contribution >= 0.6 is 12.4 Å². The Morgan fingerprint density at radius 1 is 1.09 bits per heavy atom. The largest absolute Gasteiger partial charge is 0.325 e. The Kier molecular flexibility index (Phi) is 6.89. The maximum atomic E-state index is 12.1. The minimum atomic E-state index is -0.410. The van der Waals surface area contributed by atoms with Gasteiger partial charge >= 0.3 is 0 Å². The minimum absolute atomic E-state index is 0. The lowest BCUT2D eigenvalue weighted by Gasteiger charge is -2.23. The van der Waals surface area contributed by atoms with Gasteiger partial charge in [0.05, 0.1) is 5.41 Å². The molecule has 0 saturated carbocycles. The van der Waals surface area contributed by atoms with Gasteiger partial charge in [0.25, 0.3) is 0 Å². The predicted molar refractivity (Wildman–Crippen MR) is 96.1 cm³/mol. The van der Waals surface area contributed by atoms with Crippen molar-refractivity contribution in [1.29, 1.82) is 0 Å². The zero-order valence-electron chi connectivity index (χ0n) is 14.2. The fourth-order valence-corrected chi connectivity index (χ4v) is 3.29. The van der Waals surface area contributed by atoms with Crippen molar-refractivity contribution in [2.45, 2.75) is 52.4 Å². The van der Waals surface area contributed by atoms with Crippen LogP contribution in [0.5, 0.6) is 0 Å². The molecule has 4 heteroatoms. The number of amides is 1. The number of hydrogen-bond donors (Lipinski definition) is 1. The van der Waals surface area contributed by atoms with Crippen LogP contribution in [0.4, 0.5) is 5.69 Å². The van der Waals surface area contributed by atoms with Crippen LogP contribution in [0.1, 0.15) is 51.7 Å². The van der Waals surface area contributed by atoms with E-state index in [1.54, 1.807) is 0 Å². The van der Waals surface area contributed by atoms with E-state index in [0.717, 1.165) is 31.7 Å². The zero-order chi connectivity index (χ0) is 15.5. The van der Waals surface area contributed by atoms with Crippen molar-refractivity contribution in [3.63, 3.8) is 0 Å². The second kappa shape index (κ2) is 7.98. The van der Waals surface area contributed by atoms with E-state index in [2.05, 4.69) is 36.2 Å². The summed E-state index contributed by atoms with van der Waals surface area (Å²) in [4.78, 5) is 14.7. The van der Waals surface area contributed by atoms with E-state index in [1.165, 1.54) is 24.0 Å². The van der Waals surface area contributed by atoms with Crippen LogP contribution < -0.4 is 5.32 Å². The number of benzene rings is 1. The number of carbonyl (C=O) groups excluding carboxylic acids is 1. The maximum Gasteiger partial charge on any atom is 0.234 e. The summed E-state index contributed by atoms with van der Waals surface area (Å²) in [7, 11) is 0. The number of hydrogen-bond acceptors (Lipinski definition) is 2. The van der Waals surface area contributed by atoms with Crippen LogP contribution in [0.25, 0.3) is 0 Å². The summed E-state index contributed by atoms with van der Waals surface area (Å²) in [5, 5.41) is 3.01. The number of carbonyl (C=O) groups is 1. The quantitative estimate of drug-likeness (QED) is 0.822. The number of fused-ring (bicyclic) bond motifs is 1. The maximum absolute atomic E-state index is 12.1. The van der Waals surface area contributed by atoms with Crippen LogP contribution in [0.15, 0.2) is 18.2 Å². The highest BCUT2D eigenvalue weighted by Crippen LogP contribution is 2.39. The van der Waals surface area contributed by atoms with Crippen molar-refractivity contribution in [2.24, 2.45) is 0 Å². The number of nitrogens with one attached hydrogen (secondary N) is 1. The van der Waals surface area contributed by atoms with E-state index in [9.17, 15) is 4.79 Å². The lowest BCUT2D eigenvalue weighted by Crippen LogP contribution is -2.30. The first-order chi connectivity index (χ1) is 10.0. The van der Waals surface area contributed by atoms with Gasteiger partial charge in [-0.05, 0) is 63.4 Å². The first-order valence-corrected chi connectivity index (χ1v) is 8.16. The number of nitrogens with zero attached hydrogens (tertiary/aromatic N) is 1. The Morgan fingerprint density at radius 3 is 2.32 bits per heavy atom. The van der Waals surface area contributed by atoms with E-state index in [0.29, 0.717) is 0 Å². The Bertz CT molecular complexity index is 508. The molecule has 1 heterocycles. The third-order valence-corrected chi connectivity index (χ3v) is 4.37. The molecule has 1 aliphatic rings. The van der Waals surface area contributed by atoms with Gasteiger partial charge in [0, 0.05) is 12.2 Å². The molecule has 0 unspecified atom stereocenters. The molecule has 0 aliphatic carbocycles. The Labute approximate surface area is 140 Å². The molecule has 2 rings (SSSR count). The third kappa shape index (κ3) is 3.82. The van der Waals surface area contributed by atoms with Gasteiger partial charge in [-0.25, -0.2) is 0 Å². The molecule has 22 heavy (non-hydrogen) atoms. The summed E-state index contributed by atoms with van der Waals surface area (Å²) in [6.45, 7) is 11.9. The molecule has 0 saturated heterocycles. The van der Waals surface area contributed by atoms with Crippen molar-refractivity contribution in [3.8, 4) is 0 Å². The highest BCUT2D eigenvalue weighted by molar-refractivity contribution is 6.06. The van der Waals surface area contributed by atoms with Gasteiger partial charge in [-0.3, -0.25) is 4.79 Å². The van der Waals surface area contributed by atoms with Gasteiger partial charge in [0.1, 0.15) is 0 Å². The normalized spacial score (nSPS) is 15.4. The molecule has 1 amide bonds. The summed E-state index contributed by atoms with van der Waals surface area (Å²) < 4.78 is 0. The molecule has 0 spiro atoms. The van der Waals surface area contributed by atoms with Crippen LogP contribution in [0, 0.1) is 0 Å². The molecular formula is C18H29ClN2O. The van der Waals surface area contributed by atoms with Crippen molar-refractivity contribution in [1.82, 2.24) is 4.90 Å². The summed E-state index contributed by atoms with van der Waals surface area (Å²) in [6.07, 6.45) is 3.40. The van der Waals surface area contributed by atoms with E-state index in [1.807, 2.05) is 19.9 Å². The Hall–Kier alpha value is -1.06. The summed E-state index contributed by atoms with van der Waals surface area (Å²) >= 11 is 0. The monoisotopic (exact) mass is 324 g/mol. The zero-order valence-corrected chi connectivity index (χ0v) is 15.1. The van der Waals surface area contributed by atoms with E-state index in [4.69, 9.17) is 0 Å². The molecule has 1 N–H and O–H groups in total. The average Bonchev–Trinajstić information content (AvgIpc) is 2.67. The lowest BCUT2D eigenvalue weighted by molar-refractivity contribution is -0.119. The fraction of sp³-hybridized carbons (Fsp3) is 0.611. The van der Waals surface area contributed by atoms with Gasteiger partial charge in [-0.1, -0.05) is 26.0 Å². The predicted octanol–water partition coefficient (Wildman–Crippen LogP) is 4.00. The lowest BCUT2D eigenvalue weighted by atomic mass is 9.82. The first-order valence-electron chi connectivity index (χ1n) is 8.16. The van der Waals surface area contributed by atoms with Crippen LogP contribution in [-0.2, 0) is 16.6 Å². The van der Waals surface area contributed by atoms with Crippen LogP contribution in [0.3, 0.4) is 0 Å². The summed E-state index contributed by atoms with van der Waals surface area (Å²) in [5.74, 6) is 0.115. The second-order valence-corrected chi connectivity index (χ2v) is 6.51. The van der Waals surface area contributed by atoms with Gasteiger partial charge in [-0.2, -0.15) is 0 Å². The molecule has 0 bridgehead atoms. The van der Waals surface area contributed by atoms with E-state index >= 15 is 0 Å². The Balaban J connectivity index is 0.00000242. The van der Waals surface area contributed by atoms with Gasteiger partial charge in [-0.15, -0.1) is 12.4 Å². The minimum Gasteiger partial charge on any atom is -0.325 e. The third-order valence-electron chi connectivity index (χ3n) is 4.37. The molecule has 0 fully saturated rings.